The molecule has 35 heavy (non-hydrogen) atoms. The lowest BCUT2D eigenvalue weighted by molar-refractivity contribution is -0.128. The van der Waals surface area contributed by atoms with Gasteiger partial charge in [0, 0.05) is 31.4 Å². The van der Waals surface area contributed by atoms with Gasteiger partial charge in [-0.05, 0) is 82.3 Å². The average molecular weight is 477 g/mol. The zero-order chi connectivity index (χ0) is 25.1. The number of rotatable bonds is 9. The van der Waals surface area contributed by atoms with Gasteiger partial charge in [0.1, 0.15) is 11.9 Å². The minimum absolute atomic E-state index is 0.0458. The summed E-state index contributed by atoms with van der Waals surface area (Å²) in [4.78, 5) is 19.0. The highest BCUT2D eigenvalue weighted by Gasteiger charge is 2.48. The zero-order valence-corrected chi connectivity index (χ0v) is 21.2. The van der Waals surface area contributed by atoms with Crippen molar-refractivity contribution in [3.8, 4) is 6.07 Å². The first-order valence-electron chi connectivity index (χ1n) is 12.7. The number of hydrogen-bond donors (Lipinski definition) is 0. The fraction of sp³-hybridized carbons (Fsp3) is 0.517. The normalized spacial score (nSPS) is 24.5. The Hall–Kier alpha value is -2.91. The molecule has 2 fully saturated rings. The van der Waals surface area contributed by atoms with Crippen molar-refractivity contribution in [3.63, 3.8) is 0 Å². The van der Waals surface area contributed by atoms with Gasteiger partial charge in [-0.25, -0.2) is 4.39 Å². The third-order valence-corrected chi connectivity index (χ3v) is 8.63. The first-order valence-corrected chi connectivity index (χ1v) is 12.7. The molecule has 0 unspecified atom stereocenters. The largest absolute Gasteiger partial charge is 0.372 e. The maximum Gasteiger partial charge on any atom is 0.210 e. The Kier molecular flexibility index (Phi) is 7.47. The Morgan fingerprint density at radius 3 is 2.29 bits per heavy atom. The van der Waals surface area contributed by atoms with Gasteiger partial charge in [-0.15, -0.1) is 0 Å². The van der Waals surface area contributed by atoms with Crippen LogP contribution in [0.3, 0.4) is 0 Å². The number of nitriles is 1. The summed E-state index contributed by atoms with van der Waals surface area (Å²) in [6, 6.07) is 17.3. The first-order chi connectivity index (χ1) is 16.8. The highest BCUT2D eigenvalue weighted by Crippen LogP contribution is 2.47. The highest BCUT2D eigenvalue weighted by molar-refractivity contribution is 5.54. The molecule has 0 radical (unpaired) electrons. The average Bonchev–Trinajstić information content (AvgIpc) is 2.84. The van der Waals surface area contributed by atoms with Crippen LogP contribution in [0, 0.1) is 23.1 Å². The van der Waals surface area contributed by atoms with Crippen LogP contribution in [0.25, 0.3) is 0 Å². The third-order valence-electron chi connectivity index (χ3n) is 8.63. The van der Waals surface area contributed by atoms with E-state index in [2.05, 4.69) is 59.1 Å². The van der Waals surface area contributed by atoms with Crippen molar-refractivity contribution in [1.29, 1.82) is 5.26 Å². The number of benzene rings is 2. The van der Waals surface area contributed by atoms with E-state index in [0.717, 1.165) is 44.3 Å². The minimum Gasteiger partial charge on any atom is -0.372 e. The predicted molar refractivity (Wildman–Crippen MR) is 138 cm³/mol. The van der Waals surface area contributed by atoms with Crippen LogP contribution in [0.1, 0.15) is 56.1 Å². The second-order valence-corrected chi connectivity index (χ2v) is 10.7. The van der Waals surface area contributed by atoms with Crippen LogP contribution in [0.4, 0.5) is 10.1 Å². The van der Waals surface area contributed by atoms with Gasteiger partial charge in [0.15, 0.2) is 0 Å². The van der Waals surface area contributed by atoms with Gasteiger partial charge in [-0.2, -0.15) is 5.26 Å². The molecular weight excluding hydrogens is 439 g/mol. The number of carbonyl (C=O) groups is 1. The van der Waals surface area contributed by atoms with E-state index < -0.39 is 5.82 Å². The lowest BCUT2D eigenvalue weighted by Gasteiger charge is -2.54. The van der Waals surface area contributed by atoms with E-state index in [-0.39, 0.29) is 16.6 Å². The Balaban J connectivity index is 1.64. The van der Waals surface area contributed by atoms with Gasteiger partial charge >= 0.3 is 0 Å². The van der Waals surface area contributed by atoms with Crippen molar-refractivity contribution in [1.82, 2.24) is 9.80 Å². The van der Waals surface area contributed by atoms with Crippen molar-refractivity contribution < 1.29 is 9.18 Å². The molecule has 2 aromatic carbocycles. The number of amides is 1. The van der Waals surface area contributed by atoms with Gasteiger partial charge in [0.05, 0.1) is 11.1 Å². The molecule has 0 bridgehead atoms. The Bertz CT molecular complexity index is 1050. The van der Waals surface area contributed by atoms with Gasteiger partial charge in [0.25, 0.3) is 0 Å². The van der Waals surface area contributed by atoms with Crippen molar-refractivity contribution in [2.24, 2.45) is 5.92 Å². The fourth-order valence-electron chi connectivity index (χ4n) is 6.08. The quantitative estimate of drug-likeness (QED) is 0.469. The summed E-state index contributed by atoms with van der Waals surface area (Å²) in [6.45, 7) is 1.44. The van der Waals surface area contributed by atoms with Crippen molar-refractivity contribution in [3.05, 3.63) is 65.5 Å². The lowest BCUT2D eigenvalue weighted by Crippen LogP contribution is -2.61. The third kappa shape index (κ3) is 4.92. The molecule has 0 aliphatic heterocycles. The SMILES string of the molecule is CN(C[C@]1(N(C=O)CC2CCC2)CC[C@@](c2ccccc2)(N(C)C)CC1)c1ccc(F)c(C#N)c1. The molecule has 2 aliphatic rings. The highest BCUT2D eigenvalue weighted by atomic mass is 19.1. The summed E-state index contributed by atoms with van der Waals surface area (Å²) in [5.41, 5.74) is 1.77. The van der Waals surface area contributed by atoms with Crippen LogP contribution in [0.5, 0.6) is 0 Å². The molecule has 5 nitrogen and oxygen atoms in total. The molecule has 186 valence electrons. The van der Waals surface area contributed by atoms with Crippen molar-refractivity contribution >= 4 is 12.1 Å². The van der Waals surface area contributed by atoms with E-state index in [1.54, 1.807) is 12.1 Å². The zero-order valence-electron chi connectivity index (χ0n) is 21.2. The van der Waals surface area contributed by atoms with E-state index in [1.807, 2.05) is 13.1 Å². The number of anilines is 1. The minimum atomic E-state index is -0.504. The maximum absolute atomic E-state index is 14.0. The summed E-state index contributed by atoms with van der Waals surface area (Å²) in [5.74, 6) is 0.0724. The molecule has 2 aliphatic carbocycles. The van der Waals surface area contributed by atoms with Gasteiger partial charge in [-0.1, -0.05) is 36.8 Å². The monoisotopic (exact) mass is 476 g/mol. The van der Waals surface area contributed by atoms with Gasteiger partial charge in [0.2, 0.25) is 6.41 Å². The standard InChI is InChI=1S/C29H37FN4O/c1-32(2)29(25-10-5-4-6-11-25)16-14-28(15-17-29,34(22-35)20-23-8-7-9-23)21-33(3)26-12-13-27(30)24(18-26)19-31/h4-6,10-13,18,22-23H,7-9,14-17,20-21H2,1-3H3/t28-,29+. The maximum atomic E-state index is 14.0. The molecule has 0 heterocycles. The molecule has 0 atom stereocenters. The van der Waals surface area contributed by atoms with Crippen LogP contribution in [-0.4, -0.2) is 56.0 Å². The summed E-state index contributed by atoms with van der Waals surface area (Å²) < 4.78 is 14.0. The molecule has 0 aromatic heterocycles. The van der Waals surface area contributed by atoms with Gasteiger partial charge in [-0.3, -0.25) is 9.69 Å². The molecule has 2 aromatic rings. The van der Waals surface area contributed by atoms with E-state index in [0.29, 0.717) is 12.5 Å². The number of likely N-dealkylation sites (N-methyl/N-ethyl adjacent to an activating group) is 1. The summed E-state index contributed by atoms with van der Waals surface area (Å²) in [6.07, 6.45) is 8.32. The Morgan fingerprint density at radius 2 is 1.74 bits per heavy atom. The first kappa shape index (κ1) is 25.2. The Labute approximate surface area is 209 Å². The summed E-state index contributed by atoms with van der Waals surface area (Å²) in [5, 5.41) is 9.31. The summed E-state index contributed by atoms with van der Waals surface area (Å²) in [7, 11) is 6.29. The molecule has 0 spiro atoms. The van der Waals surface area contributed by atoms with Crippen LogP contribution in [0.2, 0.25) is 0 Å². The van der Waals surface area contributed by atoms with E-state index in [4.69, 9.17) is 0 Å². The predicted octanol–water partition coefficient (Wildman–Crippen LogP) is 5.16. The lowest BCUT2D eigenvalue weighted by atomic mass is 9.67. The molecule has 1 amide bonds. The van der Waals surface area contributed by atoms with Crippen LogP contribution < -0.4 is 4.90 Å². The van der Waals surface area contributed by atoms with Crippen LogP contribution in [-0.2, 0) is 10.3 Å². The molecule has 4 rings (SSSR count). The molecule has 0 saturated heterocycles. The number of carbonyl (C=O) groups excluding carboxylic acids is 1. The Morgan fingerprint density at radius 1 is 1.06 bits per heavy atom. The van der Waals surface area contributed by atoms with Crippen molar-refractivity contribution in [2.45, 2.75) is 56.0 Å². The molecule has 6 heteroatoms. The molecule has 0 N–H and O–H groups in total. The fourth-order valence-corrected chi connectivity index (χ4v) is 6.08. The number of halogens is 1. The van der Waals surface area contributed by atoms with Crippen LogP contribution in [0.15, 0.2) is 48.5 Å². The second kappa shape index (κ2) is 10.4. The van der Waals surface area contributed by atoms with E-state index in [1.165, 1.54) is 30.9 Å². The second-order valence-electron chi connectivity index (χ2n) is 10.7. The van der Waals surface area contributed by atoms with Crippen LogP contribution >= 0.6 is 0 Å². The molecule has 2 saturated carbocycles. The van der Waals surface area contributed by atoms with E-state index >= 15 is 0 Å². The smallest absolute Gasteiger partial charge is 0.210 e. The topological polar surface area (TPSA) is 50.6 Å². The van der Waals surface area contributed by atoms with Crippen molar-refractivity contribution in [2.75, 3.05) is 39.1 Å². The number of nitrogens with zero attached hydrogens (tertiary/aromatic N) is 4. The number of hydrogen-bond acceptors (Lipinski definition) is 4. The molecular formula is C29H37FN4O. The van der Waals surface area contributed by atoms with Gasteiger partial charge < -0.3 is 9.80 Å². The van der Waals surface area contributed by atoms with E-state index in [9.17, 15) is 14.4 Å². The summed E-state index contributed by atoms with van der Waals surface area (Å²) >= 11 is 0.